The molecule has 0 spiro atoms. The van der Waals surface area contributed by atoms with Crippen LogP contribution in [-0.2, 0) is 4.79 Å². The Hall–Kier alpha value is -0.610. The smallest absolute Gasteiger partial charge is 0.222 e. The second kappa shape index (κ2) is 6.71. The Morgan fingerprint density at radius 3 is 2.42 bits per heavy atom. The summed E-state index contributed by atoms with van der Waals surface area (Å²) in [5.74, 6) is 1.73. The van der Waals surface area contributed by atoms with E-state index in [0.29, 0.717) is 18.3 Å². The van der Waals surface area contributed by atoms with Gasteiger partial charge in [-0.25, -0.2) is 0 Å². The van der Waals surface area contributed by atoms with E-state index >= 15 is 0 Å². The first-order valence-corrected chi connectivity index (χ1v) is 7.76. The van der Waals surface area contributed by atoms with Crippen molar-refractivity contribution in [1.82, 2.24) is 4.90 Å². The summed E-state index contributed by atoms with van der Waals surface area (Å²) in [4.78, 5) is 14.2. The van der Waals surface area contributed by atoms with Crippen molar-refractivity contribution in [2.24, 2.45) is 23.5 Å². The predicted octanol–water partition coefficient (Wildman–Crippen LogP) is 1.37. The Bertz CT molecular complexity index is 301. The number of hydrogen-bond donors (Lipinski definition) is 2. The highest BCUT2D eigenvalue weighted by Crippen LogP contribution is 2.31. The van der Waals surface area contributed by atoms with Gasteiger partial charge in [-0.05, 0) is 56.4 Å². The van der Waals surface area contributed by atoms with Crippen LogP contribution in [0.25, 0.3) is 0 Å². The SMILES string of the molecule is CC1CN(C(=O)CC2CCC(CN)CC2)CCC1O. The van der Waals surface area contributed by atoms with Crippen molar-refractivity contribution < 1.29 is 9.90 Å². The maximum atomic E-state index is 12.3. The Labute approximate surface area is 116 Å². The van der Waals surface area contributed by atoms with Crippen molar-refractivity contribution in [2.75, 3.05) is 19.6 Å². The van der Waals surface area contributed by atoms with E-state index in [2.05, 4.69) is 0 Å². The molecule has 0 radical (unpaired) electrons. The van der Waals surface area contributed by atoms with Crippen molar-refractivity contribution in [3.05, 3.63) is 0 Å². The van der Waals surface area contributed by atoms with Gasteiger partial charge in [0, 0.05) is 19.5 Å². The molecule has 1 saturated heterocycles. The minimum atomic E-state index is -0.232. The van der Waals surface area contributed by atoms with Crippen molar-refractivity contribution in [1.29, 1.82) is 0 Å². The van der Waals surface area contributed by atoms with Gasteiger partial charge in [0.15, 0.2) is 0 Å². The average Bonchev–Trinajstić information content (AvgIpc) is 2.42. The van der Waals surface area contributed by atoms with Crippen LogP contribution >= 0.6 is 0 Å². The van der Waals surface area contributed by atoms with E-state index in [-0.39, 0.29) is 17.9 Å². The molecule has 19 heavy (non-hydrogen) atoms. The molecular formula is C15H28N2O2. The van der Waals surface area contributed by atoms with E-state index in [9.17, 15) is 9.90 Å². The van der Waals surface area contributed by atoms with Gasteiger partial charge < -0.3 is 15.7 Å². The second-order valence-electron chi connectivity index (χ2n) is 6.50. The van der Waals surface area contributed by atoms with Crippen LogP contribution in [0.3, 0.4) is 0 Å². The number of amides is 1. The van der Waals surface area contributed by atoms with Gasteiger partial charge in [-0.1, -0.05) is 6.92 Å². The zero-order valence-electron chi connectivity index (χ0n) is 12.1. The van der Waals surface area contributed by atoms with Crippen LogP contribution in [0.2, 0.25) is 0 Å². The number of nitrogens with zero attached hydrogens (tertiary/aromatic N) is 1. The van der Waals surface area contributed by atoms with Gasteiger partial charge in [0.05, 0.1) is 6.10 Å². The molecular weight excluding hydrogens is 240 g/mol. The largest absolute Gasteiger partial charge is 0.393 e. The van der Waals surface area contributed by atoms with Gasteiger partial charge in [0.1, 0.15) is 0 Å². The summed E-state index contributed by atoms with van der Waals surface area (Å²) >= 11 is 0. The molecule has 3 N–H and O–H groups in total. The molecule has 1 aliphatic carbocycles. The number of rotatable bonds is 3. The Kier molecular flexibility index (Phi) is 5.22. The maximum absolute atomic E-state index is 12.3. The first-order valence-electron chi connectivity index (χ1n) is 7.76. The first-order chi connectivity index (χ1) is 9.10. The fourth-order valence-electron chi connectivity index (χ4n) is 3.41. The van der Waals surface area contributed by atoms with Crippen molar-refractivity contribution in [2.45, 2.75) is 51.6 Å². The van der Waals surface area contributed by atoms with E-state index in [1.807, 2.05) is 11.8 Å². The summed E-state index contributed by atoms with van der Waals surface area (Å²) in [6.45, 7) is 4.26. The van der Waals surface area contributed by atoms with Gasteiger partial charge in [0.25, 0.3) is 0 Å². The Morgan fingerprint density at radius 2 is 1.84 bits per heavy atom. The summed E-state index contributed by atoms with van der Waals surface area (Å²) in [5, 5.41) is 9.71. The minimum absolute atomic E-state index is 0.214. The molecule has 2 aliphatic rings. The standard InChI is InChI=1S/C15H28N2O2/c1-11-10-17(7-6-14(11)18)15(19)8-12-2-4-13(9-16)5-3-12/h11-14,18H,2-10,16H2,1H3. The van der Waals surface area contributed by atoms with Gasteiger partial charge in [-0.2, -0.15) is 0 Å². The normalized spacial score (nSPS) is 36.3. The molecule has 0 bridgehead atoms. The van der Waals surface area contributed by atoms with Crippen LogP contribution in [0, 0.1) is 17.8 Å². The Balaban J connectivity index is 1.75. The molecule has 1 heterocycles. The summed E-state index contributed by atoms with van der Waals surface area (Å²) in [6.07, 6.45) is 5.86. The molecule has 4 heteroatoms. The molecule has 110 valence electrons. The van der Waals surface area contributed by atoms with Crippen LogP contribution in [0.4, 0.5) is 0 Å². The van der Waals surface area contributed by atoms with Crippen LogP contribution in [0.5, 0.6) is 0 Å². The molecule has 1 aliphatic heterocycles. The summed E-state index contributed by atoms with van der Waals surface area (Å²) in [7, 11) is 0. The first kappa shape index (κ1) is 14.8. The van der Waals surface area contributed by atoms with Gasteiger partial charge in [0.2, 0.25) is 5.91 Å². The zero-order valence-corrected chi connectivity index (χ0v) is 12.1. The van der Waals surface area contributed by atoms with E-state index in [1.165, 1.54) is 12.8 Å². The number of carbonyl (C=O) groups excluding carboxylic acids is 1. The molecule has 2 unspecified atom stereocenters. The number of aliphatic hydroxyl groups is 1. The van der Waals surface area contributed by atoms with Gasteiger partial charge in [-0.15, -0.1) is 0 Å². The highest BCUT2D eigenvalue weighted by atomic mass is 16.3. The molecule has 1 saturated carbocycles. The molecule has 0 aromatic rings. The number of likely N-dealkylation sites (tertiary alicyclic amines) is 1. The molecule has 4 nitrogen and oxygen atoms in total. The molecule has 2 atom stereocenters. The average molecular weight is 268 g/mol. The third-order valence-electron chi connectivity index (χ3n) is 4.98. The number of carbonyl (C=O) groups is 1. The van der Waals surface area contributed by atoms with Gasteiger partial charge >= 0.3 is 0 Å². The number of piperidine rings is 1. The quantitative estimate of drug-likeness (QED) is 0.812. The van der Waals surface area contributed by atoms with E-state index in [0.717, 1.165) is 38.9 Å². The molecule has 2 fully saturated rings. The van der Waals surface area contributed by atoms with Crippen molar-refractivity contribution in [3.63, 3.8) is 0 Å². The van der Waals surface area contributed by atoms with E-state index < -0.39 is 0 Å². The van der Waals surface area contributed by atoms with E-state index in [4.69, 9.17) is 5.73 Å². The van der Waals surface area contributed by atoms with Crippen molar-refractivity contribution >= 4 is 5.91 Å². The Morgan fingerprint density at radius 1 is 1.21 bits per heavy atom. The van der Waals surface area contributed by atoms with Crippen LogP contribution in [0.1, 0.15) is 45.4 Å². The van der Waals surface area contributed by atoms with Crippen molar-refractivity contribution in [3.8, 4) is 0 Å². The summed E-state index contributed by atoms with van der Waals surface area (Å²) in [5.41, 5.74) is 5.70. The third-order valence-corrected chi connectivity index (χ3v) is 4.98. The molecule has 1 amide bonds. The zero-order chi connectivity index (χ0) is 13.8. The second-order valence-corrected chi connectivity index (χ2v) is 6.50. The topological polar surface area (TPSA) is 66.6 Å². The lowest BCUT2D eigenvalue weighted by atomic mass is 9.80. The highest BCUT2D eigenvalue weighted by Gasteiger charge is 2.29. The van der Waals surface area contributed by atoms with Crippen LogP contribution < -0.4 is 5.73 Å². The third kappa shape index (κ3) is 3.93. The lowest BCUT2D eigenvalue weighted by Crippen LogP contribution is -2.45. The van der Waals surface area contributed by atoms with E-state index in [1.54, 1.807) is 0 Å². The molecule has 0 aromatic heterocycles. The number of hydrogen-bond acceptors (Lipinski definition) is 3. The summed E-state index contributed by atoms with van der Waals surface area (Å²) in [6, 6.07) is 0. The lowest BCUT2D eigenvalue weighted by molar-refractivity contribution is -0.136. The minimum Gasteiger partial charge on any atom is -0.393 e. The maximum Gasteiger partial charge on any atom is 0.222 e. The fourth-order valence-corrected chi connectivity index (χ4v) is 3.41. The fraction of sp³-hybridized carbons (Fsp3) is 0.933. The predicted molar refractivity (Wildman–Crippen MR) is 75.5 cm³/mol. The van der Waals surface area contributed by atoms with Crippen LogP contribution in [0.15, 0.2) is 0 Å². The lowest BCUT2D eigenvalue weighted by Gasteiger charge is -2.36. The summed E-state index contributed by atoms with van der Waals surface area (Å²) < 4.78 is 0. The van der Waals surface area contributed by atoms with Crippen LogP contribution in [-0.4, -0.2) is 41.7 Å². The molecule has 2 rings (SSSR count). The number of aliphatic hydroxyl groups excluding tert-OH is 1. The monoisotopic (exact) mass is 268 g/mol. The number of nitrogens with two attached hydrogens (primary N) is 1. The molecule has 0 aromatic carbocycles. The van der Waals surface area contributed by atoms with Gasteiger partial charge in [-0.3, -0.25) is 4.79 Å². The highest BCUT2D eigenvalue weighted by molar-refractivity contribution is 5.76.